The smallest absolute Gasteiger partial charge is 0.180 e. The van der Waals surface area contributed by atoms with Gasteiger partial charge in [-0.25, -0.2) is 29.9 Å². The summed E-state index contributed by atoms with van der Waals surface area (Å²) in [6.45, 7) is 16.4. The van der Waals surface area contributed by atoms with Gasteiger partial charge in [0.25, 0.3) is 0 Å². The largest absolute Gasteiger partial charge is 0.456 e. The second-order valence-electron chi connectivity index (χ2n) is 41.2. The van der Waals surface area contributed by atoms with Crippen molar-refractivity contribution in [1.82, 2.24) is 29.9 Å². The van der Waals surface area contributed by atoms with E-state index < -0.39 is 5.41 Å². The van der Waals surface area contributed by atoms with Crippen molar-refractivity contribution in [2.75, 3.05) is 0 Å². The van der Waals surface area contributed by atoms with Crippen LogP contribution in [0.5, 0.6) is 0 Å². The van der Waals surface area contributed by atoms with Gasteiger partial charge < -0.3 is 22.1 Å². The van der Waals surface area contributed by atoms with E-state index in [-0.39, 0.29) is 16.2 Å². The van der Waals surface area contributed by atoms with E-state index in [2.05, 4.69) is 376 Å². The molecule has 1 spiro atoms. The number of furan rings is 5. The molecular weight excluding hydrogens is 1800 g/mol. The summed E-state index contributed by atoms with van der Waals surface area (Å²) in [5.41, 5.74) is 43.1. The van der Waals surface area contributed by atoms with Crippen LogP contribution in [0, 0.1) is 11.3 Å². The molecule has 2 atom stereocenters. The van der Waals surface area contributed by atoms with Crippen molar-refractivity contribution < 1.29 is 22.1 Å². The standard InChI is InChI=1S/C53H30N2O2.C44H34N2O.C39H28N2O2/c1-2-15-31(16-3-1)52-54-49(51-50(55-52)38-23-8-13-28-44(38)57-51)33-18-14-17-32(29-33)46-47-36-21-6-11-26-41(36)53(39-24-9-4-19-34(39)35-20-5-10-25-40(35)53)42(47)30-45-48(46)37-22-7-12-27-43(37)56-45;1-43(2,3)44(4)34-18-12-11-17-31(34)39-35(44)22-24-37-40(39)32-21-19-30(26-38(32)47-37)42-45-36-23-20-29(27-13-7-5-8-14-27)25-33(36)41(46-42)28-15-9-6-10-16-28;1-22(2)39(3)29-18-10-7-15-24(29)27-21-28-25-16-8-11-19-30(25)42-36(28)32(33(27)39)35-37-34(26-17-9-12-20-31(26)43-37)40-38(41-35)23-13-5-4-6-14-23/h1-30H;5-26H,1-4H3;4-22H,1-3H3. The Morgan fingerprint density at radius 2 is 0.680 bits per heavy atom. The van der Waals surface area contributed by atoms with E-state index in [9.17, 15) is 0 Å². The highest BCUT2D eigenvalue weighted by Gasteiger charge is 2.54. The summed E-state index contributed by atoms with van der Waals surface area (Å²) in [4.78, 5) is 31.2. The molecule has 31 rings (SSSR count). The highest BCUT2D eigenvalue weighted by Crippen LogP contribution is 2.67. The molecule has 696 valence electrons. The lowest BCUT2D eigenvalue weighted by Crippen LogP contribution is -2.36. The molecule has 0 amide bonds. The Kier molecular flexibility index (Phi) is 18.8. The van der Waals surface area contributed by atoms with Crippen LogP contribution in [0.3, 0.4) is 0 Å². The molecule has 11 nitrogen and oxygen atoms in total. The van der Waals surface area contributed by atoms with Gasteiger partial charge in [-0.3, -0.25) is 0 Å². The Morgan fingerprint density at radius 3 is 1.30 bits per heavy atom. The molecule has 0 bridgehead atoms. The maximum atomic E-state index is 6.85. The van der Waals surface area contributed by atoms with E-state index in [1.54, 1.807) is 0 Å². The Balaban J connectivity index is 0.000000105. The van der Waals surface area contributed by atoms with E-state index in [0.29, 0.717) is 34.6 Å². The lowest BCUT2D eigenvalue weighted by Gasteiger charge is -2.41. The molecule has 8 heterocycles. The zero-order valence-electron chi connectivity index (χ0n) is 81.7. The molecule has 4 aliphatic carbocycles. The zero-order valence-corrected chi connectivity index (χ0v) is 81.7. The van der Waals surface area contributed by atoms with Crippen molar-refractivity contribution in [1.29, 1.82) is 0 Å². The summed E-state index contributed by atoms with van der Waals surface area (Å²) in [6, 6.07) is 150. The predicted molar refractivity (Wildman–Crippen MR) is 598 cm³/mol. The maximum Gasteiger partial charge on any atom is 0.180 e. The number of aromatic nitrogens is 6. The molecule has 2 unspecified atom stereocenters. The van der Waals surface area contributed by atoms with Crippen LogP contribution in [-0.2, 0) is 16.2 Å². The first-order valence-corrected chi connectivity index (χ1v) is 50.6. The minimum absolute atomic E-state index is 0.0283. The summed E-state index contributed by atoms with van der Waals surface area (Å²) in [5.74, 6) is 2.31. The number of hydrogen-bond acceptors (Lipinski definition) is 11. The molecule has 0 N–H and O–H groups in total. The summed E-state index contributed by atoms with van der Waals surface area (Å²) < 4.78 is 33.5. The van der Waals surface area contributed by atoms with Gasteiger partial charge in [0, 0.05) is 92.7 Å². The van der Waals surface area contributed by atoms with E-state index in [1.165, 1.54) is 100.0 Å². The fourth-order valence-corrected chi connectivity index (χ4v) is 25.0. The van der Waals surface area contributed by atoms with Crippen molar-refractivity contribution in [3.63, 3.8) is 0 Å². The van der Waals surface area contributed by atoms with Gasteiger partial charge in [-0.15, -0.1) is 0 Å². The third-order valence-corrected chi connectivity index (χ3v) is 32.4. The average molecular weight is 1890 g/mol. The van der Waals surface area contributed by atoms with E-state index >= 15 is 0 Å². The molecule has 0 radical (unpaired) electrons. The fourth-order valence-electron chi connectivity index (χ4n) is 25.0. The molecule has 4 aliphatic rings. The lowest BCUT2D eigenvalue weighted by atomic mass is 9.62. The first-order valence-electron chi connectivity index (χ1n) is 50.6. The van der Waals surface area contributed by atoms with E-state index in [0.717, 1.165) is 171 Å². The van der Waals surface area contributed by atoms with Crippen LogP contribution >= 0.6 is 0 Å². The second kappa shape index (κ2) is 32.3. The van der Waals surface area contributed by atoms with Crippen LogP contribution in [-0.4, -0.2) is 29.9 Å². The first-order chi connectivity index (χ1) is 72.1. The summed E-state index contributed by atoms with van der Waals surface area (Å²) in [7, 11) is 0. The summed E-state index contributed by atoms with van der Waals surface area (Å²) in [6.07, 6.45) is 0. The van der Waals surface area contributed by atoms with Crippen LogP contribution in [0.4, 0.5) is 0 Å². The average Bonchev–Trinajstić information content (AvgIpc) is 1.51. The SMILES string of the molecule is CC(C)(C)C1(C)c2ccccc2-c2c1ccc1oc3cc(-c4nc(-c5ccccc5)c5cc(-c6ccccc6)ccc5n4)ccc3c21.CC(C)C1(C)c2ccccc2-c2cc3c(oc4ccccc43)c(-c3nc(-c4ccccc4)nc4c3oc3ccccc34)c21.c1ccc(-c2nc(-c3cccc(-c4c5c(cc6oc7ccccc7c46)C4(c6ccccc6-c6ccccc64)c4ccccc4-5)c3)c3oc4ccccc4c3n2)cc1. The normalized spacial score (nSPS) is 14.9. The van der Waals surface area contributed by atoms with Crippen molar-refractivity contribution >= 4 is 121 Å². The van der Waals surface area contributed by atoms with Crippen LogP contribution in [0.2, 0.25) is 0 Å². The summed E-state index contributed by atoms with van der Waals surface area (Å²) in [5, 5.41) is 9.64. The van der Waals surface area contributed by atoms with Gasteiger partial charge in [0.05, 0.1) is 22.2 Å². The van der Waals surface area contributed by atoms with Gasteiger partial charge >= 0.3 is 0 Å². The minimum atomic E-state index is -0.518. The molecule has 0 aliphatic heterocycles. The number of nitrogens with zero attached hydrogens (tertiary/aromatic N) is 6. The highest BCUT2D eigenvalue weighted by molar-refractivity contribution is 6.22. The molecule has 27 aromatic rings. The number of rotatable bonds is 9. The van der Waals surface area contributed by atoms with Gasteiger partial charge in [-0.2, -0.15) is 0 Å². The predicted octanol–water partition coefficient (Wildman–Crippen LogP) is 36.0. The number of fused-ring (bicyclic) bond motifs is 33. The molecule has 0 saturated heterocycles. The first kappa shape index (κ1) is 85.5. The van der Waals surface area contributed by atoms with Crippen molar-refractivity contribution in [3.8, 4) is 135 Å². The zero-order chi connectivity index (χ0) is 98.0. The topological polar surface area (TPSA) is 143 Å². The van der Waals surface area contributed by atoms with Crippen molar-refractivity contribution in [2.45, 2.75) is 64.7 Å². The molecule has 8 aromatic heterocycles. The number of hydrogen-bond donors (Lipinski definition) is 0. The van der Waals surface area contributed by atoms with E-state index in [4.69, 9.17) is 52.0 Å². The Morgan fingerprint density at radius 1 is 0.231 bits per heavy atom. The van der Waals surface area contributed by atoms with Crippen LogP contribution in [0.1, 0.15) is 93.0 Å². The molecule has 11 heteroatoms. The van der Waals surface area contributed by atoms with Gasteiger partial charge in [-0.1, -0.05) is 388 Å². The maximum absolute atomic E-state index is 6.85. The Hall–Kier alpha value is -18.3. The molecule has 0 fully saturated rings. The Labute approximate surface area is 846 Å². The third kappa shape index (κ3) is 12.6. The summed E-state index contributed by atoms with van der Waals surface area (Å²) >= 11 is 0. The highest BCUT2D eigenvalue weighted by atomic mass is 16.3. The van der Waals surface area contributed by atoms with Crippen molar-refractivity contribution in [2.24, 2.45) is 11.3 Å². The molecule has 147 heavy (non-hydrogen) atoms. The molecule has 19 aromatic carbocycles. The molecular formula is C136H92N6O5. The van der Waals surface area contributed by atoms with Gasteiger partial charge in [0.1, 0.15) is 67.1 Å². The number of para-hydroxylation sites is 4. The van der Waals surface area contributed by atoms with Crippen LogP contribution < -0.4 is 0 Å². The van der Waals surface area contributed by atoms with Crippen LogP contribution in [0.15, 0.2) is 447 Å². The minimum Gasteiger partial charge on any atom is -0.456 e. The third-order valence-electron chi connectivity index (χ3n) is 32.4. The van der Waals surface area contributed by atoms with Gasteiger partial charge in [0.2, 0.25) is 0 Å². The second-order valence-corrected chi connectivity index (χ2v) is 41.2. The monoisotopic (exact) mass is 1890 g/mol. The van der Waals surface area contributed by atoms with Crippen LogP contribution in [0.25, 0.3) is 256 Å². The molecule has 0 saturated carbocycles. The fraction of sp³-hybridized carbons (Fsp3) is 0.0882. The van der Waals surface area contributed by atoms with E-state index in [1.807, 2.05) is 97.1 Å². The number of benzene rings is 19. The quantitative estimate of drug-likeness (QED) is 0.136. The Bertz CT molecular complexity index is 10200. The lowest BCUT2D eigenvalue weighted by molar-refractivity contribution is 0.255. The van der Waals surface area contributed by atoms with Gasteiger partial charge in [-0.05, 0) is 202 Å². The van der Waals surface area contributed by atoms with Crippen molar-refractivity contribution in [3.05, 3.63) is 469 Å². The van der Waals surface area contributed by atoms with Gasteiger partial charge in [0.15, 0.2) is 28.6 Å².